The summed E-state index contributed by atoms with van der Waals surface area (Å²) < 4.78 is 0. The Hall–Kier alpha value is -0.600. The van der Waals surface area contributed by atoms with Gasteiger partial charge in [0.15, 0.2) is 0 Å². The number of aromatic nitrogens is 1. The van der Waals surface area contributed by atoms with Gasteiger partial charge in [0.05, 0.1) is 0 Å². The summed E-state index contributed by atoms with van der Waals surface area (Å²) in [7, 11) is 0. The smallest absolute Gasteiger partial charge is 0.0489 e. The van der Waals surface area contributed by atoms with Crippen LogP contribution in [0.2, 0.25) is 0 Å². The lowest BCUT2D eigenvalue weighted by Crippen LogP contribution is -2.39. The van der Waals surface area contributed by atoms with Crippen molar-refractivity contribution in [3.8, 4) is 0 Å². The van der Waals surface area contributed by atoms with E-state index in [1.165, 1.54) is 12.0 Å². The van der Waals surface area contributed by atoms with Crippen LogP contribution in [-0.2, 0) is 6.54 Å². The minimum absolute atomic E-state index is 0.301. The van der Waals surface area contributed by atoms with E-state index in [9.17, 15) is 0 Å². The van der Waals surface area contributed by atoms with E-state index in [2.05, 4.69) is 22.9 Å². The second kappa shape index (κ2) is 4.95. The van der Waals surface area contributed by atoms with Gasteiger partial charge < -0.3 is 0 Å². The molecule has 82 valence electrons. The molecule has 0 radical (unpaired) electrons. The zero-order valence-electron chi connectivity index (χ0n) is 9.06. The molecule has 1 aromatic rings. The van der Waals surface area contributed by atoms with Crippen LogP contribution in [0.4, 0.5) is 0 Å². The van der Waals surface area contributed by atoms with Crippen LogP contribution in [0.25, 0.3) is 0 Å². The first-order valence-corrected chi connectivity index (χ1v) is 5.94. The third-order valence-electron chi connectivity index (χ3n) is 3.08. The van der Waals surface area contributed by atoms with Gasteiger partial charge in [-0.25, -0.2) is 0 Å². The van der Waals surface area contributed by atoms with Crippen molar-refractivity contribution in [1.29, 1.82) is 0 Å². The molecular weight excluding hydrogens is 208 g/mol. The van der Waals surface area contributed by atoms with Crippen molar-refractivity contribution in [3.05, 3.63) is 30.1 Å². The SMILES string of the molecule is CC1CCN(Cc2cccnc2)CC1Cl. The Bertz CT molecular complexity index is 302. The summed E-state index contributed by atoms with van der Waals surface area (Å²) in [5.41, 5.74) is 1.27. The standard InChI is InChI=1S/C12H17ClN2/c1-10-4-6-15(9-12(10)13)8-11-3-2-5-14-7-11/h2-3,5,7,10,12H,4,6,8-9H2,1H3. The molecule has 2 heterocycles. The van der Waals surface area contributed by atoms with Gasteiger partial charge in [-0.15, -0.1) is 11.6 Å². The van der Waals surface area contributed by atoms with Crippen LogP contribution in [0.3, 0.4) is 0 Å². The molecule has 0 bridgehead atoms. The van der Waals surface area contributed by atoms with E-state index < -0.39 is 0 Å². The van der Waals surface area contributed by atoms with Crippen LogP contribution in [-0.4, -0.2) is 28.4 Å². The Labute approximate surface area is 96.3 Å². The van der Waals surface area contributed by atoms with E-state index in [0.717, 1.165) is 19.6 Å². The molecule has 1 aromatic heterocycles. The van der Waals surface area contributed by atoms with Crippen LogP contribution in [0.15, 0.2) is 24.5 Å². The van der Waals surface area contributed by atoms with E-state index in [4.69, 9.17) is 11.6 Å². The molecule has 2 nitrogen and oxygen atoms in total. The normalized spacial score (nSPS) is 27.9. The van der Waals surface area contributed by atoms with Crippen LogP contribution < -0.4 is 0 Å². The number of likely N-dealkylation sites (tertiary alicyclic amines) is 1. The van der Waals surface area contributed by atoms with E-state index in [1.54, 1.807) is 0 Å². The average molecular weight is 225 g/mol. The minimum Gasteiger partial charge on any atom is -0.298 e. The maximum Gasteiger partial charge on any atom is 0.0489 e. The quantitative estimate of drug-likeness (QED) is 0.718. The summed E-state index contributed by atoms with van der Waals surface area (Å²) >= 11 is 6.27. The lowest BCUT2D eigenvalue weighted by Gasteiger charge is -2.33. The van der Waals surface area contributed by atoms with Gasteiger partial charge >= 0.3 is 0 Å². The highest BCUT2D eigenvalue weighted by Gasteiger charge is 2.23. The van der Waals surface area contributed by atoms with Gasteiger partial charge in [-0.3, -0.25) is 9.88 Å². The van der Waals surface area contributed by atoms with Crippen LogP contribution >= 0.6 is 11.6 Å². The van der Waals surface area contributed by atoms with Gasteiger partial charge in [0.2, 0.25) is 0 Å². The largest absolute Gasteiger partial charge is 0.298 e. The van der Waals surface area contributed by atoms with Crippen molar-refractivity contribution >= 4 is 11.6 Å². The fourth-order valence-electron chi connectivity index (χ4n) is 1.98. The molecule has 0 aromatic carbocycles. The van der Waals surface area contributed by atoms with Crippen molar-refractivity contribution < 1.29 is 0 Å². The Morgan fingerprint density at radius 2 is 2.47 bits per heavy atom. The number of rotatable bonds is 2. The summed E-state index contributed by atoms with van der Waals surface area (Å²) in [6.07, 6.45) is 4.95. The third kappa shape index (κ3) is 2.93. The summed E-state index contributed by atoms with van der Waals surface area (Å²) in [6, 6.07) is 4.11. The first-order valence-electron chi connectivity index (χ1n) is 5.51. The highest BCUT2D eigenvalue weighted by molar-refractivity contribution is 6.21. The first kappa shape index (κ1) is 10.9. The molecule has 2 atom stereocenters. The molecular formula is C12H17ClN2. The average Bonchev–Trinajstić information content (AvgIpc) is 2.25. The molecule has 0 amide bonds. The van der Waals surface area contributed by atoms with Gasteiger partial charge in [-0.2, -0.15) is 0 Å². The molecule has 15 heavy (non-hydrogen) atoms. The number of hydrogen-bond acceptors (Lipinski definition) is 2. The Morgan fingerprint density at radius 1 is 1.60 bits per heavy atom. The molecule has 3 heteroatoms. The van der Waals surface area contributed by atoms with E-state index in [0.29, 0.717) is 11.3 Å². The topological polar surface area (TPSA) is 16.1 Å². The fourth-order valence-corrected chi connectivity index (χ4v) is 2.30. The fraction of sp³-hybridized carbons (Fsp3) is 0.583. The molecule has 2 unspecified atom stereocenters. The molecule has 0 aliphatic carbocycles. The number of alkyl halides is 1. The number of pyridine rings is 1. The van der Waals surface area contributed by atoms with Gasteiger partial charge in [0.25, 0.3) is 0 Å². The summed E-state index contributed by atoms with van der Waals surface area (Å²) in [6.45, 7) is 5.36. The number of nitrogens with zero attached hydrogens (tertiary/aromatic N) is 2. The third-order valence-corrected chi connectivity index (χ3v) is 3.65. The highest BCUT2D eigenvalue weighted by Crippen LogP contribution is 2.22. The number of piperidine rings is 1. The highest BCUT2D eigenvalue weighted by atomic mass is 35.5. The summed E-state index contributed by atoms with van der Waals surface area (Å²) in [4.78, 5) is 6.54. The lowest BCUT2D eigenvalue weighted by atomic mass is 9.98. The lowest BCUT2D eigenvalue weighted by molar-refractivity contribution is 0.189. The molecule has 0 saturated carbocycles. The second-order valence-corrected chi connectivity index (χ2v) is 4.94. The van der Waals surface area contributed by atoms with Gasteiger partial charge in [0.1, 0.15) is 0 Å². The number of hydrogen-bond donors (Lipinski definition) is 0. The molecule has 1 fully saturated rings. The van der Waals surface area contributed by atoms with Gasteiger partial charge in [-0.05, 0) is 30.5 Å². The maximum atomic E-state index is 6.27. The Kier molecular flexibility index (Phi) is 3.60. The Balaban J connectivity index is 1.91. The van der Waals surface area contributed by atoms with Crippen LogP contribution in [0, 0.1) is 5.92 Å². The van der Waals surface area contributed by atoms with E-state index in [1.807, 2.05) is 18.5 Å². The predicted molar refractivity (Wildman–Crippen MR) is 62.9 cm³/mol. The predicted octanol–water partition coefficient (Wildman–Crippen LogP) is 2.53. The molecule has 1 aliphatic rings. The van der Waals surface area contributed by atoms with Gasteiger partial charge in [0, 0.05) is 30.9 Å². The molecule has 0 spiro atoms. The molecule has 2 rings (SSSR count). The monoisotopic (exact) mass is 224 g/mol. The van der Waals surface area contributed by atoms with Crippen molar-refractivity contribution in [3.63, 3.8) is 0 Å². The van der Waals surface area contributed by atoms with E-state index >= 15 is 0 Å². The summed E-state index contributed by atoms with van der Waals surface area (Å²) in [5.74, 6) is 0.650. The minimum atomic E-state index is 0.301. The zero-order chi connectivity index (χ0) is 10.7. The molecule has 0 N–H and O–H groups in total. The van der Waals surface area contributed by atoms with Crippen LogP contribution in [0.5, 0.6) is 0 Å². The molecule has 1 aliphatic heterocycles. The Morgan fingerprint density at radius 3 is 3.13 bits per heavy atom. The first-order chi connectivity index (χ1) is 7.25. The molecule has 1 saturated heterocycles. The second-order valence-electron chi connectivity index (χ2n) is 4.38. The number of halogens is 1. The van der Waals surface area contributed by atoms with Crippen molar-refractivity contribution in [1.82, 2.24) is 9.88 Å². The van der Waals surface area contributed by atoms with E-state index in [-0.39, 0.29) is 0 Å². The van der Waals surface area contributed by atoms with Crippen LogP contribution in [0.1, 0.15) is 18.9 Å². The van der Waals surface area contributed by atoms with Crippen molar-refractivity contribution in [2.75, 3.05) is 13.1 Å². The van der Waals surface area contributed by atoms with Gasteiger partial charge in [-0.1, -0.05) is 13.0 Å². The van der Waals surface area contributed by atoms with Crippen molar-refractivity contribution in [2.45, 2.75) is 25.3 Å². The van der Waals surface area contributed by atoms with Crippen molar-refractivity contribution in [2.24, 2.45) is 5.92 Å². The summed E-state index contributed by atoms with van der Waals surface area (Å²) in [5, 5.41) is 0.301. The zero-order valence-corrected chi connectivity index (χ0v) is 9.82. The maximum absolute atomic E-state index is 6.27.